The van der Waals surface area contributed by atoms with Gasteiger partial charge in [0, 0.05) is 16.5 Å². The van der Waals surface area contributed by atoms with E-state index in [0.717, 1.165) is 24.6 Å². The van der Waals surface area contributed by atoms with Gasteiger partial charge in [0.1, 0.15) is 17.5 Å². The zero-order valence-electron chi connectivity index (χ0n) is 16.5. The first kappa shape index (κ1) is 20.5. The van der Waals surface area contributed by atoms with E-state index in [0.29, 0.717) is 22.1 Å². The molecule has 152 valence electrons. The molecule has 0 saturated heterocycles. The average Bonchev–Trinajstić information content (AvgIpc) is 2.74. The lowest BCUT2D eigenvalue weighted by molar-refractivity contribution is 0.625. The molecule has 0 unspecified atom stereocenters. The molecule has 0 aliphatic carbocycles. The first-order valence-corrected chi connectivity index (χ1v) is 10.3. The molecule has 0 radical (unpaired) electrons. The lowest BCUT2D eigenvalue weighted by Gasteiger charge is -2.11. The average molecular weight is 425 g/mol. The molecule has 0 saturated carbocycles. The fourth-order valence-corrected chi connectivity index (χ4v) is 3.80. The van der Waals surface area contributed by atoms with Crippen molar-refractivity contribution in [3.8, 4) is 22.3 Å². The lowest BCUT2D eigenvalue weighted by atomic mass is 9.96. The van der Waals surface area contributed by atoms with Crippen LogP contribution >= 0.6 is 11.6 Å². The van der Waals surface area contributed by atoms with Crippen molar-refractivity contribution >= 4 is 22.4 Å². The van der Waals surface area contributed by atoms with Crippen LogP contribution in [0.4, 0.5) is 13.2 Å². The van der Waals surface area contributed by atoms with Crippen molar-refractivity contribution < 1.29 is 13.2 Å². The van der Waals surface area contributed by atoms with Crippen molar-refractivity contribution in [2.45, 2.75) is 26.2 Å². The van der Waals surface area contributed by atoms with Gasteiger partial charge in [0.2, 0.25) is 0 Å². The largest absolute Gasteiger partial charge is 0.206 e. The first-order chi connectivity index (χ1) is 14.5. The highest BCUT2D eigenvalue weighted by Gasteiger charge is 2.14. The molecule has 0 nitrogen and oxygen atoms in total. The summed E-state index contributed by atoms with van der Waals surface area (Å²) < 4.78 is 43.7. The SMILES string of the molecule is CCCCc1ccc2c(F)c(-c3ccc(-c4ccc(Cl)c(F)c4)c(F)c3)ccc2c1. The Kier molecular flexibility index (Phi) is 5.83. The van der Waals surface area contributed by atoms with Gasteiger partial charge in [0.25, 0.3) is 0 Å². The smallest absolute Gasteiger partial charge is 0.142 e. The maximum Gasteiger partial charge on any atom is 0.142 e. The molecule has 0 N–H and O–H groups in total. The summed E-state index contributed by atoms with van der Waals surface area (Å²) >= 11 is 5.70. The van der Waals surface area contributed by atoms with Crippen molar-refractivity contribution in [2.75, 3.05) is 0 Å². The number of hydrogen-bond acceptors (Lipinski definition) is 0. The van der Waals surface area contributed by atoms with E-state index in [4.69, 9.17) is 11.6 Å². The van der Waals surface area contributed by atoms with E-state index in [1.807, 2.05) is 18.2 Å². The van der Waals surface area contributed by atoms with Crippen LogP contribution in [0.15, 0.2) is 66.7 Å². The molecule has 30 heavy (non-hydrogen) atoms. The van der Waals surface area contributed by atoms with Crippen molar-refractivity contribution in [3.05, 3.63) is 94.8 Å². The third kappa shape index (κ3) is 3.95. The fraction of sp³-hybridized carbons (Fsp3) is 0.154. The Hall–Kier alpha value is -2.78. The van der Waals surface area contributed by atoms with Gasteiger partial charge in [-0.25, -0.2) is 13.2 Å². The predicted molar refractivity (Wildman–Crippen MR) is 118 cm³/mol. The first-order valence-electron chi connectivity index (χ1n) is 9.94. The molecule has 0 bridgehead atoms. The Morgan fingerprint density at radius 1 is 0.733 bits per heavy atom. The Labute approximate surface area is 178 Å². The fourth-order valence-electron chi connectivity index (χ4n) is 3.68. The number of benzene rings is 4. The topological polar surface area (TPSA) is 0 Å². The van der Waals surface area contributed by atoms with Gasteiger partial charge in [-0.3, -0.25) is 0 Å². The van der Waals surface area contributed by atoms with E-state index in [1.165, 1.54) is 29.8 Å². The molecule has 0 amide bonds. The Balaban J connectivity index is 1.72. The van der Waals surface area contributed by atoms with Gasteiger partial charge in [-0.1, -0.05) is 73.5 Å². The van der Waals surface area contributed by atoms with Crippen LogP contribution in [0.3, 0.4) is 0 Å². The highest BCUT2D eigenvalue weighted by Crippen LogP contribution is 2.33. The minimum absolute atomic E-state index is 0.0214. The molecular weight excluding hydrogens is 405 g/mol. The monoisotopic (exact) mass is 424 g/mol. The third-order valence-corrected chi connectivity index (χ3v) is 5.65. The normalized spacial score (nSPS) is 11.2. The van der Waals surface area contributed by atoms with Gasteiger partial charge < -0.3 is 0 Å². The quantitative estimate of drug-likeness (QED) is 0.301. The van der Waals surface area contributed by atoms with E-state index >= 15 is 4.39 Å². The molecule has 0 aliphatic heterocycles. The van der Waals surface area contributed by atoms with Crippen LogP contribution in [0.5, 0.6) is 0 Å². The highest BCUT2D eigenvalue weighted by molar-refractivity contribution is 6.30. The van der Waals surface area contributed by atoms with E-state index in [9.17, 15) is 8.78 Å². The van der Waals surface area contributed by atoms with E-state index in [1.54, 1.807) is 24.3 Å². The highest BCUT2D eigenvalue weighted by atomic mass is 35.5. The van der Waals surface area contributed by atoms with Crippen molar-refractivity contribution in [1.82, 2.24) is 0 Å². The van der Waals surface area contributed by atoms with Crippen molar-refractivity contribution in [3.63, 3.8) is 0 Å². The van der Waals surface area contributed by atoms with Crippen LogP contribution in [0, 0.1) is 17.5 Å². The number of aryl methyl sites for hydroxylation is 1. The second-order valence-corrected chi connectivity index (χ2v) is 7.82. The maximum absolute atomic E-state index is 15.2. The molecule has 0 spiro atoms. The third-order valence-electron chi connectivity index (χ3n) is 5.35. The second kappa shape index (κ2) is 8.53. The van der Waals surface area contributed by atoms with Crippen LogP contribution in [0.25, 0.3) is 33.0 Å². The van der Waals surface area contributed by atoms with Crippen LogP contribution in [-0.2, 0) is 6.42 Å². The van der Waals surface area contributed by atoms with E-state index in [-0.39, 0.29) is 16.4 Å². The van der Waals surface area contributed by atoms with E-state index in [2.05, 4.69) is 6.92 Å². The van der Waals surface area contributed by atoms with Crippen LogP contribution < -0.4 is 0 Å². The number of unbranched alkanes of at least 4 members (excludes halogenated alkanes) is 1. The molecule has 4 aromatic rings. The molecule has 0 atom stereocenters. The predicted octanol–water partition coefficient (Wildman–Crippen LogP) is 8.59. The van der Waals surface area contributed by atoms with Crippen molar-refractivity contribution in [2.24, 2.45) is 0 Å². The van der Waals surface area contributed by atoms with Crippen LogP contribution in [0.2, 0.25) is 5.02 Å². The number of hydrogen-bond donors (Lipinski definition) is 0. The minimum Gasteiger partial charge on any atom is -0.206 e. The Bertz CT molecular complexity index is 1230. The molecule has 4 aromatic carbocycles. The summed E-state index contributed by atoms with van der Waals surface area (Å²) in [6.45, 7) is 2.14. The van der Waals surface area contributed by atoms with Gasteiger partial charge in [0.15, 0.2) is 0 Å². The zero-order chi connectivity index (χ0) is 21.3. The summed E-state index contributed by atoms with van der Waals surface area (Å²) in [6, 6.07) is 17.9. The lowest BCUT2D eigenvalue weighted by Crippen LogP contribution is -1.92. The standard InChI is InChI=1S/C26H20ClF3/c1-2-3-4-16-5-9-21-17(13-16)7-11-22(26(21)30)19-6-10-20(24(28)14-19)18-8-12-23(27)25(29)15-18/h5-15H,2-4H2,1H3. The molecule has 0 fully saturated rings. The molecule has 0 heterocycles. The second-order valence-electron chi connectivity index (χ2n) is 7.41. The Morgan fingerprint density at radius 3 is 2.17 bits per heavy atom. The maximum atomic E-state index is 15.2. The van der Waals surface area contributed by atoms with Gasteiger partial charge in [-0.05, 0) is 53.1 Å². The van der Waals surface area contributed by atoms with Crippen LogP contribution in [-0.4, -0.2) is 0 Å². The summed E-state index contributed by atoms with van der Waals surface area (Å²) in [7, 11) is 0. The van der Waals surface area contributed by atoms with Crippen LogP contribution in [0.1, 0.15) is 25.3 Å². The van der Waals surface area contributed by atoms with E-state index < -0.39 is 11.6 Å². The Morgan fingerprint density at radius 2 is 1.43 bits per heavy atom. The zero-order valence-corrected chi connectivity index (χ0v) is 17.2. The number of halogens is 4. The summed E-state index contributed by atoms with van der Waals surface area (Å²) in [4.78, 5) is 0. The molecule has 0 aliphatic rings. The molecule has 4 heteroatoms. The molecular formula is C26H20ClF3. The number of rotatable bonds is 5. The van der Waals surface area contributed by atoms with Gasteiger partial charge in [0.05, 0.1) is 5.02 Å². The summed E-state index contributed by atoms with van der Waals surface area (Å²) in [6.07, 6.45) is 3.17. The van der Waals surface area contributed by atoms with Gasteiger partial charge in [-0.2, -0.15) is 0 Å². The van der Waals surface area contributed by atoms with Crippen molar-refractivity contribution in [1.29, 1.82) is 0 Å². The summed E-state index contributed by atoms with van der Waals surface area (Å²) in [5.41, 5.74) is 2.55. The van der Waals surface area contributed by atoms with Gasteiger partial charge >= 0.3 is 0 Å². The molecule has 0 aromatic heterocycles. The molecule has 4 rings (SSSR count). The summed E-state index contributed by atoms with van der Waals surface area (Å²) in [5, 5.41) is 1.32. The number of fused-ring (bicyclic) bond motifs is 1. The minimum atomic E-state index is -0.614. The summed E-state index contributed by atoms with van der Waals surface area (Å²) in [5.74, 6) is -1.54. The van der Waals surface area contributed by atoms with Gasteiger partial charge in [-0.15, -0.1) is 0 Å².